The molecule has 2 heterocycles. The van der Waals surface area contributed by atoms with Crippen LogP contribution in [0.1, 0.15) is 22.3 Å². The molecule has 3 aromatic carbocycles. The minimum absolute atomic E-state index is 0.0311. The molecule has 7 heteroatoms. The lowest BCUT2D eigenvalue weighted by atomic mass is 9.33. The van der Waals surface area contributed by atoms with Gasteiger partial charge in [0.1, 0.15) is 0 Å². The molecular formula is C26H14F6O. The second kappa shape index (κ2) is 5.20. The first-order valence-corrected chi connectivity index (χ1v) is 10.4. The van der Waals surface area contributed by atoms with Gasteiger partial charge < -0.3 is 4.74 Å². The molecule has 0 aromatic heterocycles. The van der Waals surface area contributed by atoms with Crippen LogP contribution in [0.2, 0.25) is 0 Å². The molecule has 1 saturated carbocycles. The molecule has 7 rings (SSSR count). The number of hydrogen-bond donors (Lipinski definition) is 0. The zero-order chi connectivity index (χ0) is 23.1. The predicted molar refractivity (Wildman–Crippen MR) is 107 cm³/mol. The zero-order valence-corrected chi connectivity index (χ0v) is 16.8. The van der Waals surface area contributed by atoms with Crippen LogP contribution < -0.4 is 0 Å². The fourth-order valence-corrected chi connectivity index (χ4v) is 6.82. The van der Waals surface area contributed by atoms with Gasteiger partial charge >= 0.3 is 0 Å². The van der Waals surface area contributed by atoms with E-state index in [-0.39, 0.29) is 22.3 Å². The lowest BCUT2D eigenvalue weighted by molar-refractivity contribution is -0.364. The van der Waals surface area contributed by atoms with E-state index in [1.165, 1.54) is 72.8 Å². The van der Waals surface area contributed by atoms with Crippen molar-refractivity contribution in [2.24, 2.45) is 0 Å². The van der Waals surface area contributed by atoms with Crippen molar-refractivity contribution < 1.29 is 31.1 Å². The van der Waals surface area contributed by atoms with Crippen LogP contribution in [0.5, 0.6) is 0 Å². The van der Waals surface area contributed by atoms with Gasteiger partial charge in [-0.3, -0.25) is 0 Å². The first kappa shape index (κ1) is 19.4. The molecule has 6 unspecified atom stereocenters. The molecular weight excluding hydrogens is 442 g/mol. The van der Waals surface area contributed by atoms with Crippen LogP contribution in [0.3, 0.4) is 0 Å². The third-order valence-corrected chi connectivity index (χ3v) is 8.02. The summed E-state index contributed by atoms with van der Waals surface area (Å²) >= 11 is 0. The maximum atomic E-state index is 17.3. The highest BCUT2D eigenvalue weighted by Crippen LogP contribution is 2.92. The fraction of sp³-hybridized carbons (Fsp3) is 0.231. The Morgan fingerprint density at radius 2 is 0.818 bits per heavy atom. The number of hydrogen-bond acceptors (Lipinski definition) is 1. The Morgan fingerprint density at radius 1 is 0.485 bits per heavy atom. The first-order valence-electron chi connectivity index (χ1n) is 10.4. The summed E-state index contributed by atoms with van der Waals surface area (Å²) in [4.78, 5) is 0. The molecule has 0 radical (unpaired) electrons. The van der Waals surface area contributed by atoms with E-state index >= 15 is 17.6 Å². The molecule has 33 heavy (non-hydrogen) atoms. The van der Waals surface area contributed by atoms with Crippen LogP contribution >= 0.6 is 0 Å². The summed E-state index contributed by atoms with van der Waals surface area (Å²) in [6, 6.07) is 20.6. The molecule has 0 amide bonds. The quantitative estimate of drug-likeness (QED) is 0.328. The minimum Gasteiger partial charge on any atom is -0.342 e. The summed E-state index contributed by atoms with van der Waals surface area (Å²) in [5.74, 6) is -4.54. The van der Waals surface area contributed by atoms with Gasteiger partial charge in [0, 0.05) is 0 Å². The first-order chi connectivity index (χ1) is 15.7. The average molecular weight is 456 g/mol. The normalized spacial score (nSPS) is 43.9. The smallest absolute Gasteiger partial charge is 0.249 e. The Hall–Kier alpha value is -3.06. The van der Waals surface area contributed by atoms with Crippen LogP contribution in [-0.2, 0) is 15.9 Å². The van der Waals surface area contributed by atoms with Crippen LogP contribution in [-0.4, -0.2) is 22.7 Å². The van der Waals surface area contributed by atoms with E-state index in [4.69, 9.17) is 4.74 Å². The Balaban J connectivity index is 1.71. The van der Waals surface area contributed by atoms with E-state index in [0.717, 1.165) is 0 Å². The van der Waals surface area contributed by atoms with Crippen LogP contribution in [0.15, 0.2) is 96.6 Å². The van der Waals surface area contributed by atoms with E-state index in [1.54, 1.807) is 12.1 Å². The van der Waals surface area contributed by atoms with Crippen LogP contribution in [0.25, 0.3) is 0 Å². The van der Waals surface area contributed by atoms with Gasteiger partial charge in [0.05, 0.1) is 0 Å². The Bertz CT molecular complexity index is 1290. The van der Waals surface area contributed by atoms with Crippen molar-refractivity contribution in [2.45, 2.75) is 33.9 Å². The van der Waals surface area contributed by atoms with Crippen molar-refractivity contribution in [3.8, 4) is 0 Å². The Labute approximate surface area is 184 Å². The molecule has 1 saturated heterocycles. The molecule has 3 aromatic rings. The maximum Gasteiger partial charge on any atom is 0.249 e. The molecule has 6 atom stereocenters. The van der Waals surface area contributed by atoms with Gasteiger partial charge in [-0.2, -0.15) is 0 Å². The second-order valence-electron chi connectivity index (χ2n) is 9.00. The second-order valence-corrected chi connectivity index (χ2v) is 9.00. The molecule has 0 spiro atoms. The monoisotopic (exact) mass is 456 g/mol. The Kier molecular flexibility index (Phi) is 3.06. The number of alkyl halides is 4. The van der Waals surface area contributed by atoms with Gasteiger partial charge in [-0.05, 0) is 22.3 Å². The van der Waals surface area contributed by atoms with E-state index in [0.29, 0.717) is 0 Å². The molecule has 2 bridgehead atoms. The number of fused-ring (bicyclic) bond motifs is 11. The summed E-state index contributed by atoms with van der Waals surface area (Å²) in [5, 5.41) is 0. The maximum absolute atomic E-state index is 17.3. The van der Waals surface area contributed by atoms with Gasteiger partial charge in [0.2, 0.25) is 22.7 Å². The molecule has 1 nitrogen and oxygen atoms in total. The van der Waals surface area contributed by atoms with Gasteiger partial charge in [-0.1, -0.05) is 84.9 Å². The SMILES string of the molecule is FC1=C(F)C2(F)C1(F)C1(F)C3(c4ccccc4)OC(c4ccccc4)(c4ccccc43)C21F. The van der Waals surface area contributed by atoms with Crippen molar-refractivity contribution in [1.29, 1.82) is 0 Å². The van der Waals surface area contributed by atoms with Gasteiger partial charge in [-0.15, -0.1) is 0 Å². The fourth-order valence-electron chi connectivity index (χ4n) is 6.82. The number of benzene rings is 3. The molecule has 0 N–H and O–H groups in total. The summed E-state index contributed by atoms with van der Waals surface area (Å²) in [6.07, 6.45) is 0. The largest absolute Gasteiger partial charge is 0.342 e. The predicted octanol–water partition coefficient (Wildman–Crippen LogP) is 6.23. The molecule has 4 aliphatic rings. The van der Waals surface area contributed by atoms with E-state index in [2.05, 4.69) is 0 Å². The van der Waals surface area contributed by atoms with E-state index < -0.39 is 45.5 Å². The molecule has 2 aliphatic carbocycles. The zero-order valence-electron chi connectivity index (χ0n) is 16.8. The highest BCUT2D eigenvalue weighted by molar-refractivity contribution is 5.76. The lowest BCUT2D eigenvalue weighted by Gasteiger charge is -2.72. The highest BCUT2D eigenvalue weighted by Gasteiger charge is 3.14. The summed E-state index contributed by atoms with van der Waals surface area (Å²) in [5.41, 5.74) is -21.4. The van der Waals surface area contributed by atoms with Crippen molar-refractivity contribution in [3.63, 3.8) is 0 Å². The van der Waals surface area contributed by atoms with E-state index in [1.807, 2.05) is 0 Å². The van der Waals surface area contributed by atoms with Crippen molar-refractivity contribution in [1.82, 2.24) is 0 Å². The summed E-state index contributed by atoms with van der Waals surface area (Å²) < 4.78 is 102. The van der Waals surface area contributed by atoms with E-state index in [9.17, 15) is 8.78 Å². The van der Waals surface area contributed by atoms with Gasteiger partial charge in [0.15, 0.2) is 22.9 Å². The number of ether oxygens (including phenoxy) is 1. The average Bonchev–Trinajstić information content (AvgIpc) is 3.29. The molecule has 2 aliphatic heterocycles. The van der Waals surface area contributed by atoms with Crippen LogP contribution in [0, 0.1) is 0 Å². The number of rotatable bonds is 2. The molecule has 2 fully saturated rings. The standard InChI is InChI=1S/C26H14F6O/c27-19-20(28)24(30)23(19,29)25(31)21(15-9-3-1-4-10-15)17-13-7-8-14-18(17)22(33-21,26(24,25)32)16-11-5-2-6-12-16/h1-14H. The number of allylic oxidation sites excluding steroid dienone is 2. The third-order valence-electron chi connectivity index (χ3n) is 8.02. The Morgan fingerprint density at radius 3 is 1.18 bits per heavy atom. The topological polar surface area (TPSA) is 9.23 Å². The summed E-state index contributed by atoms with van der Waals surface area (Å²) in [6.45, 7) is 0. The van der Waals surface area contributed by atoms with Gasteiger partial charge in [0.25, 0.3) is 0 Å². The van der Waals surface area contributed by atoms with Crippen molar-refractivity contribution in [3.05, 3.63) is 119 Å². The van der Waals surface area contributed by atoms with Crippen molar-refractivity contribution in [2.75, 3.05) is 0 Å². The summed E-state index contributed by atoms with van der Waals surface area (Å²) in [7, 11) is 0. The number of halogens is 6. The third kappa shape index (κ3) is 1.37. The highest BCUT2D eigenvalue weighted by atomic mass is 19.2. The lowest BCUT2D eigenvalue weighted by Crippen LogP contribution is -2.98. The van der Waals surface area contributed by atoms with Crippen molar-refractivity contribution >= 4 is 0 Å². The minimum atomic E-state index is -4.20. The van der Waals surface area contributed by atoms with Gasteiger partial charge in [-0.25, -0.2) is 26.3 Å². The van der Waals surface area contributed by atoms with Crippen LogP contribution in [0.4, 0.5) is 26.3 Å². The molecule has 166 valence electrons.